The molecule has 2 bridgehead atoms. The van der Waals surface area contributed by atoms with Crippen molar-refractivity contribution in [2.45, 2.75) is 57.2 Å². The Morgan fingerprint density at radius 2 is 1.95 bits per heavy atom. The van der Waals surface area contributed by atoms with Gasteiger partial charge >= 0.3 is 6.01 Å². The molecular formula is C35H41N7O2. The predicted octanol–water partition coefficient (Wildman–Crippen LogP) is 4.56. The van der Waals surface area contributed by atoms with Gasteiger partial charge < -0.3 is 19.4 Å². The third-order valence-corrected chi connectivity index (χ3v) is 10.0. The minimum absolute atomic E-state index is 0.129. The summed E-state index contributed by atoms with van der Waals surface area (Å²) in [5.74, 6) is 1.65. The van der Waals surface area contributed by atoms with Crippen molar-refractivity contribution in [2.75, 3.05) is 55.7 Å². The van der Waals surface area contributed by atoms with E-state index in [1.54, 1.807) is 4.90 Å². The molecule has 3 fully saturated rings. The van der Waals surface area contributed by atoms with Crippen LogP contribution >= 0.6 is 0 Å². The van der Waals surface area contributed by atoms with Crippen molar-refractivity contribution in [3.05, 3.63) is 66.4 Å². The van der Waals surface area contributed by atoms with Gasteiger partial charge in [-0.05, 0) is 55.6 Å². The van der Waals surface area contributed by atoms with Crippen LogP contribution in [0.25, 0.3) is 10.8 Å². The van der Waals surface area contributed by atoms with Crippen molar-refractivity contribution in [1.82, 2.24) is 19.8 Å². The molecule has 3 aromatic rings. The number of fused-ring (bicyclic) bond motifs is 4. The molecule has 1 saturated carbocycles. The number of nitriles is 1. The molecule has 1 amide bonds. The van der Waals surface area contributed by atoms with Crippen LogP contribution in [0.15, 0.2) is 55.1 Å². The Bertz CT molecular complexity index is 1580. The molecule has 2 saturated heterocycles. The van der Waals surface area contributed by atoms with Crippen molar-refractivity contribution < 1.29 is 9.53 Å². The number of carbonyl (C=O) groups excluding carboxylic acids is 1. The van der Waals surface area contributed by atoms with Gasteiger partial charge in [0.2, 0.25) is 5.91 Å². The molecule has 0 N–H and O–H groups in total. The van der Waals surface area contributed by atoms with E-state index in [9.17, 15) is 10.1 Å². The zero-order chi connectivity index (χ0) is 30.0. The zero-order valence-corrected chi connectivity index (χ0v) is 25.4. The Morgan fingerprint density at radius 3 is 2.77 bits per heavy atom. The Hall–Kier alpha value is -4.16. The second-order valence-electron chi connectivity index (χ2n) is 12.7. The molecule has 1 aromatic heterocycles. The fraction of sp³-hybridized carbons (Fsp3) is 0.486. The van der Waals surface area contributed by atoms with Crippen LogP contribution < -0.4 is 14.5 Å². The summed E-state index contributed by atoms with van der Waals surface area (Å²) in [6.45, 7) is 9.76. The van der Waals surface area contributed by atoms with Crippen LogP contribution in [0.1, 0.15) is 43.4 Å². The van der Waals surface area contributed by atoms with Gasteiger partial charge in [0, 0.05) is 61.9 Å². The van der Waals surface area contributed by atoms with Crippen LogP contribution in [0.3, 0.4) is 0 Å². The Balaban J connectivity index is 1.14. The lowest BCUT2D eigenvalue weighted by atomic mass is 10.0. The summed E-state index contributed by atoms with van der Waals surface area (Å²) in [5, 5.41) is 12.0. The Labute approximate surface area is 259 Å². The van der Waals surface area contributed by atoms with Gasteiger partial charge in [-0.2, -0.15) is 15.2 Å². The molecule has 9 heteroatoms. The first-order valence-electron chi connectivity index (χ1n) is 16.2. The standard InChI is InChI=1S/C35H41N7O2/c1-2-33(43)42-19-18-41(23-28(42)13-15-36)34-30-14-17-40(32-10-5-8-26-7-3-4-9-29(26)32)24-31(30)37-35(38-34)44-20-6-16-39-22-25-11-12-27(39)21-25/h2-5,7-10,25,27-28H,1,6,11-14,16-24H2/t25-,27+,28?/m0/s1. The van der Waals surface area contributed by atoms with Crippen LogP contribution in [-0.4, -0.2) is 83.6 Å². The summed E-state index contributed by atoms with van der Waals surface area (Å²) < 4.78 is 6.28. The van der Waals surface area contributed by atoms with Crippen molar-refractivity contribution in [3.63, 3.8) is 0 Å². The highest BCUT2D eigenvalue weighted by Crippen LogP contribution is 2.37. The fourth-order valence-corrected chi connectivity index (χ4v) is 7.87. The number of amides is 1. The van der Waals surface area contributed by atoms with Crippen LogP contribution in [0.5, 0.6) is 6.01 Å². The monoisotopic (exact) mass is 591 g/mol. The predicted molar refractivity (Wildman–Crippen MR) is 172 cm³/mol. The quantitative estimate of drug-likeness (QED) is 0.264. The highest BCUT2D eigenvalue weighted by atomic mass is 16.5. The molecule has 0 radical (unpaired) electrons. The molecule has 9 nitrogen and oxygen atoms in total. The summed E-state index contributed by atoms with van der Waals surface area (Å²) >= 11 is 0. The number of hydrogen-bond donors (Lipinski definition) is 0. The Kier molecular flexibility index (Phi) is 8.09. The maximum Gasteiger partial charge on any atom is 0.318 e. The highest BCUT2D eigenvalue weighted by molar-refractivity contribution is 5.94. The average molecular weight is 592 g/mol. The third-order valence-electron chi connectivity index (χ3n) is 10.0. The van der Waals surface area contributed by atoms with E-state index >= 15 is 0 Å². The number of hydrogen-bond acceptors (Lipinski definition) is 8. The Morgan fingerprint density at radius 1 is 1.07 bits per heavy atom. The number of carbonyl (C=O) groups is 1. The van der Waals surface area contributed by atoms with Crippen molar-refractivity contribution in [3.8, 4) is 12.1 Å². The molecule has 228 valence electrons. The summed E-state index contributed by atoms with van der Waals surface area (Å²) in [6, 6.07) is 18.2. The van der Waals surface area contributed by atoms with Gasteiger partial charge in [0.1, 0.15) is 5.82 Å². The number of aromatic nitrogens is 2. The average Bonchev–Trinajstić information content (AvgIpc) is 3.69. The number of likely N-dealkylation sites (tertiary alicyclic amines) is 1. The summed E-state index contributed by atoms with van der Waals surface area (Å²) in [4.78, 5) is 31.6. The lowest BCUT2D eigenvalue weighted by Gasteiger charge is -2.42. The van der Waals surface area contributed by atoms with Gasteiger partial charge in [-0.3, -0.25) is 9.69 Å². The number of piperazine rings is 1. The molecule has 4 aliphatic rings. The largest absolute Gasteiger partial charge is 0.463 e. The van der Waals surface area contributed by atoms with E-state index < -0.39 is 0 Å². The van der Waals surface area contributed by atoms with E-state index in [-0.39, 0.29) is 18.4 Å². The van der Waals surface area contributed by atoms with Gasteiger partial charge in [0.15, 0.2) is 0 Å². The van der Waals surface area contributed by atoms with Crippen molar-refractivity contribution in [2.24, 2.45) is 5.92 Å². The molecule has 7 rings (SSSR count). The van der Waals surface area contributed by atoms with Crippen molar-refractivity contribution >= 4 is 28.2 Å². The second kappa shape index (κ2) is 12.4. The molecule has 2 aromatic carbocycles. The van der Waals surface area contributed by atoms with Gasteiger partial charge in [-0.25, -0.2) is 0 Å². The molecule has 0 spiro atoms. The van der Waals surface area contributed by atoms with Gasteiger partial charge in [-0.15, -0.1) is 0 Å². The van der Waals surface area contributed by atoms with E-state index in [1.165, 1.54) is 48.3 Å². The zero-order valence-electron chi connectivity index (χ0n) is 25.4. The summed E-state index contributed by atoms with van der Waals surface area (Å²) in [6.07, 6.45) is 7.46. The summed E-state index contributed by atoms with van der Waals surface area (Å²) in [7, 11) is 0. The highest BCUT2D eigenvalue weighted by Gasteiger charge is 2.37. The maximum atomic E-state index is 12.6. The second-order valence-corrected chi connectivity index (χ2v) is 12.7. The van der Waals surface area contributed by atoms with Crippen LogP contribution in [0.2, 0.25) is 0 Å². The smallest absolute Gasteiger partial charge is 0.318 e. The number of ether oxygens (including phenoxy) is 1. The topological polar surface area (TPSA) is 88.8 Å². The van der Waals surface area contributed by atoms with E-state index in [0.29, 0.717) is 38.8 Å². The first-order chi connectivity index (χ1) is 21.6. The number of nitrogens with zero attached hydrogens (tertiary/aromatic N) is 7. The van der Waals surface area contributed by atoms with Crippen LogP contribution in [0, 0.1) is 17.2 Å². The van der Waals surface area contributed by atoms with Crippen LogP contribution in [-0.2, 0) is 17.8 Å². The lowest BCUT2D eigenvalue weighted by Crippen LogP contribution is -2.55. The van der Waals surface area contributed by atoms with E-state index in [2.05, 4.69) is 69.8 Å². The first kappa shape index (κ1) is 28.6. The van der Waals surface area contributed by atoms with Gasteiger partial charge in [0.25, 0.3) is 0 Å². The fourth-order valence-electron chi connectivity index (χ4n) is 7.87. The minimum atomic E-state index is -0.221. The number of benzene rings is 2. The molecule has 44 heavy (non-hydrogen) atoms. The SMILES string of the molecule is C=CC(=O)N1CCN(c2nc(OCCCN3C[C@H]4CC[C@@H]3C4)nc3c2CCN(c2cccc4ccccc24)C3)CC1CC#N. The molecule has 3 atom stereocenters. The van der Waals surface area contributed by atoms with Crippen LogP contribution in [0.4, 0.5) is 11.5 Å². The lowest BCUT2D eigenvalue weighted by molar-refractivity contribution is -0.128. The molecular weight excluding hydrogens is 550 g/mol. The number of anilines is 2. The van der Waals surface area contributed by atoms with Gasteiger partial charge in [0.05, 0.1) is 37.4 Å². The molecule has 1 aliphatic carbocycles. The minimum Gasteiger partial charge on any atom is -0.463 e. The normalized spacial score (nSPS) is 23.1. The van der Waals surface area contributed by atoms with Crippen molar-refractivity contribution in [1.29, 1.82) is 5.26 Å². The third kappa shape index (κ3) is 5.59. The van der Waals surface area contributed by atoms with E-state index in [0.717, 1.165) is 55.0 Å². The molecule has 3 aliphatic heterocycles. The number of piperidine rings is 1. The summed E-state index contributed by atoms with van der Waals surface area (Å²) in [5.41, 5.74) is 3.34. The maximum absolute atomic E-state index is 12.6. The number of rotatable bonds is 9. The molecule has 4 heterocycles. The molecule has 1 unspecified atom stereocenters. The van der Waals surface area contributed by atoms with Gasteiger partial charge in [-0.1, -0.05) is 43.0 Å². The van der Waals surface area contributed by atoms with E-state index in [1.807, 2.05) is 0 Å². The van der Waals surface area contributed by atoms with E-state index in [4.69, 9.17) is 14.7 Å². The first-order valence-corrected chi connectivity index (χ1v) is 16.2.